The van der Waals surface area contributed by atoms with E-state index in [0.717, 1.165) is 10.1 Å². The molecule has 3 aromatic rings. The molecule has 0 saturated carbocycles. The van der Waals surface area contributed by atoms with Crippen LogP contribution in [0.5, 0.6) is 0 Å². The van der Waals surface area contributed by atoms with Gasteiger partial charge in [0.1, 0.15) is 0 Å². The van der Waals surface area contributed by atoms with Crippen molar-refractivity contribution in [2.45, 2.75) is 0 Å². The standard InChI is InChI=1S/C19H16N2O2S/c1-2-11-20-18(22)14-8-4-5-9-15(14)21-19(23)17-12-13-7-3-6-10-16(13)24-17/h2-10,12H,1,11H2,(H,20,22)(H,21,23). The topological polar surface area (TPSA) is 58.2 Å². The second-order valence-electron chi connectivity index (χ2n) is 5.15. The lowest BCUT2D eigenvalue weighted by Crippen LogP contribution is -2.25. The van der Waals surface area contributed by atoms with Crippen LogP contribution in [0.25, 0.3) is 10.1 Å². The molecule has 0 aliphatic rings. The zero-order chi connectivity index (χ0) is 16.9. The lowest BCUT2D eigenvalue weighted by Gasteiger charge is -2.10. The Balaban J connectivity index is 1.84. The average Bonchev–Trinajstić information content (AvgIpc) is 3.04. The molecule has 0 fully saturated rings. The predicted octanol–water partition coefficient (Wildman–Crippen LogP) is 4.07. The molecular weight excluding hydrogens is 320 g/mol. The maximum absolute atomic E-state index is 12.5. The minimum Gasteiger partial charge on any atom is -0.349 e. The van der Waals surface area contributed by atoms with Gasteiger partial charge in [-0.1, -0.05) is 36.4 Å². The van der Waals surface area contributed by atoms with Crippen molar-refractivity contribution in [1.82, 2.24) is 5.32 Å². The summed E-state index contributed by atoms with van der Waals surface area (Å²) < 4.78 is 1.06. The van der Waals surface area contributed by atoms with Crippen molar-refractivity contribution in [3.05, 3.63) is 77.7 Å². The van der Waals surface area contributed by atoms with Gasteiger partial charge in [0, 0.05) is 11.2 Å². The molecule has 1 aromatic heterocycles. The van der Waals surface area contributed by atoms with E-state index in [4.69, 9.17) is 0 Å². The average molecular weight is 336 g/mol. The molecule has 0 unspecified atom stereocenters. The van der Waals surface area contributed by atoms with Crippen LogP contribution in [-0.4, -0.2) is 18.4 Å². The van der Waals surface area contributed by atoms with Gasteiger partial charge in [-0.15, -0.1) is 17.9 Å². The molecule has 24 heavy (non-hydrogen) atoms. The highest BCUT2D eigenvalue weighted by Gasteiger charge is 2.15. The Hall–Kier alpha value is -2.92. The van der Waals surface area contributed by atoms with Gasteiger partial charge in [-0.2, -0.15) is 0 Å². The van der Waals surface area contributed by atoms with Crippen LogP contribution in [0.3, 0.4) is 0 Å². The van der Waals surface area contributed by atoms with Gasteiger partial charge >= 0.3 is 0 Å². The van der Waals surface area contributed by atoms with Crippen LogP contribution in [0, 0.1) is 0 Å². The smallest absolute Gasteiger partial charge is 0.265 e. The summed E-state index contributed by atoms with van der Waals surface area (Å²) in [6.07, 6.45) is 1.61. The van der Waals surface area contributed by atoms with E-state index in [1.54, 1.807) is 30.3 Å². The van der Waals surface area contributed by atoms with E-state index < -0.39 is 0 Å². The van der Waals surface area contributed by atoms with Crippen molar-refractivity contribution in [1.29, 1.82) is 0 Å². The summed E-state index contributed by atoms with van der Waals surface area (Å²) in [5, 5.41) is 6.58. The molecule has 3 rings (SSSR count). The number of rotatable bonds is 5. The molecule has 0 aliphatic heterocycles. The summed E-state index contributed by atoms with van der Waals surface area (Å²) >= 11 is 1.43. The Morgan fingerprint density at radius 3 is 2.58 bits per heavy atom. The number of carbonyl (C=O) groups is 2. The molecule has 2 N–H and O–H groups in total. The van der Waals surface area contributed by atoms with Crippen LogP contribution >= 0.6 is 11.3 Å². The SMILES string of the molecule is C=CCNC(=O)c1ccccc1NC(=O)c1cc2ccccc2s1. The normalized spacial score (nSPS) is 10.3. The third-order valence-corrected chi connectivity index (χ3v) is 4.59. The van der Waals surface area contributed by atoms with E-state index in [9.17, 15) is 9.59 Å². The third kappa shape index (κ3) is 3.36. The quantitative estimate of drug-likeness (QED) is 0.690. The molecule has 120 valence electrons. The summed E-state index contributed by atoms with van der Waals surface area (Å²) in [4.78, 5) is 25.3. The Morgan fingerprint density at radius 2 is 1.79 bits per heavy atom. The number of anilines is 1. The number of para-hydroxylation sites is 1. The van der Waals surface area contributed by atoms with Crippen LogP contribution in [0.1, 0.15) is 20.0 Å². The zero-order valence-electron chi connectivity index (χ0n) is 12.9. The van der Waals surface area contributed by atoms with Gasteiger partial charge in [0.2, 0.25) is 0 Å². The minimum atomic E-state index is -0.248. The number of hydrogen-bond acceptors (Lipinski definition) is 3. The van der Waals surface area contributed by atoms with E-state index in [-0.39, 0.29) is 11.8 Å². The number of benzene rings is 2. The van der Waals surface area contributed by atoms with Crippen LogP contribution in [0.2, 0.25) is 0 Å². The van der Waals surface area contributed by atoms with Crippen molar-refractivity contribution >= 4 is 38.9 Å². The Morgan fingerprint density at radius 1 is 1.04 bits per heavy atom. The first-order valence-corrected chi connectivity index (χ1v) is 8.29. The van der Waals surface area contributed by atoms with Crippen LogP contribution in [-0.2, 0) is 0 Å². The second kappa shape index (κ2) is 7.10. The lowest BCUT2D eigenvalue weighted by atomic mass is 10.1. The van der Waals surface area contributed by atoms with Crippen molar-refractivity contribution in [2.75, 3.05) is 11.9 Å². The Bertz CT molecular complexity index is 881. The van der Waals surface area contributed by atoms with Gasteiger partial charge in [-0.3, -0.25) is 9.59 Å². The molecule has 5 heteroatoms. The number of carbonyl (C=O) groups excluding carboxylic acids is 2. The van der Waals surface area contributed by atoms with E-state index in [2.05, 4.69) is 17.2 Å². The highest BCUT2D eigenvalue weighted by Crippen LogP contribution is 2.26. The van der Waals surface area contributed by atoms with Crippen molar-refractivity contribution in [3.63, 3.8) is 0 Å². The summed E-state index contributed by atoms with van der Waals surface area (Å²) in [6, 6.07) is 16.6. The number of thiophene rings is 1. The zero-order valence-corrected chi connectivity index (χ0v) is 13.7. The first-order valence-electron chi connectivity index (χ1n) is 7.47. The number of nitrogens with one attached hydrogen (secondary N) is 2. The molecule has 2 aromatic carbocycles. The van der Waals surface area contributed by atoms with E-state index in [1.807, 2.05) is 30.3 Å². The van der Waals surface area contributed by atoms with Gasteiger partial charge in [0.05, 0.1) is 16.1 Å². The molecule has 0 aliphatic carbocycles. The number of hydrogen-bond donors (Lipinski definition) is 2. The van der Waals surface area contributed by atoms with Crippen molar-refractivity contribution in [3.8, 4) is 0 Å². The monoisotopic (exact) mass is 336 g/mol. The molecule has 0 radical (unpaired) electrons. The molecule has 4 nitrogen and oxygen atoms in total. The molecule has 0 bridgehead atoms. The van der Waals surface area contributed by atoms with Crippen LogP contribution in [0.15, 0.2) is 67.3 Å². The fraction of sp³-hybridized carbons (Fsp3) is 0.0526. The van der Waals surface area contributed by atoms with Gasteiger partial charge in [0.25, 0.3) is 11.8 Å². The predicted molar refractivity (Wildman–Crippen MR) is 98.8 cm³/mol. The molecule has 1 heterocycles. The molecule has 0 saturated heterocycles. The van der Waals surface area contributed by atoms with Crippen LogP contribution in [0.4, 0.5) is 5.69 Å². The second-order valence-corrected chi connectivity index (χ2v) is 6.23. The summed E-state index contributed by atoms with van der Waals surface area (Å²) in [7, 11) is 0. The minimum absolute atomic E-state index is 0.222. The first-order chi connectivity index (χ1) is 11.7. The van der Waals surface area contributed by atoms with Crippen molar-refractivity contribution < 1.29 is 9.59 Å². The highest BCUT2D eigenvalue weighted by molar-refractivity contribution is 7.20. The first kappa shape index (κ1) is 16.0. The fourth-order valence-electron chi connectivity index (χ4n) is 2.33. The summed E-state index contributed by atoms with van der Waals surface area (Å²) in [5.74, 6) is -0.470. The lowest BCUT2D eigenvalue weighted by molar-refractivity contribution is 0.0959. The van der Waals surface area contributed by atoms with Gasteiger partial charge in [0.15, 0.2) is 0 Å². The largest absolute Gasteiger partial charge is 0.349 e. The number of amides is 2. The van der Waals surface area contributed by atoms with Gasteiger partial charge in [-0.05, 0) is 29.7 Å². The van der Waals surface area contributed by atoms with Gasteiger partial charge in [-0.25, -0.2) is 0 Å². The van der Waals surface area contributed by atoms with Gasteiger partial charge < -0.3 is 10.6 Å². The maximum atomic E-state index is 12.5. The fourth-order valence-corrected chi connectivity index (χ4v) is 3.29. The summed E-state index contributed by atoms with van der Waals surface area (Å²) in [6.45, 7) is 3.95. The highest BCUT2D eigenvalue weighted by atomic mass is 32.1. The van der Waals surface area contributed by atoms with Crippen LogP contribution < -0.4 is 10.6 Å². The Labute approximate surface area is 143 Å². The van der Waals surface area contributed by atoms with E-state index in [1.165, 1.54) is 11.3 Å². The molecular formula is C19H16N2O2S. The third-order valence-electron chi connectivity index (χ3n) is 3.48. The maximum Gasteiger partial charge on any atom is 0.265 e. The van der Waals surface area contributed by atoms with E-state index >= 15 is 0 Å². The summed E-state index contributed by atoms with van der Waals surface area (Å²) in [5.41, 5.74) is 0.912. The molecule has 0 atom stereocenters. The van der Waals surface area contributed by atoms with Crippen molar-refractivity contribution in [2.24, 2.45) is 0 Å². The van der Waals surface area contributed by atoms with E-state index in [0.29, 0.717) is 22.7 Å². The molecule has 0 spiro atoms. The molecule has 2 amide bonds. The Kier molecular flexibility index (Phi) is 4.72. The number of fused-ring (bicyclic) bond motifs is 1.